The molecule has 0 aromatic heterocycles. The summed E-state index contributed by atoms with van der Waals surface area (Å²) in [6.45, 7) is 3.07. The minimum absolute atomic E-state index is 0.0475. The van der Waals surface area contributed by atoms with E-state index in [1.807, 2.05) is 44.3 Å². The minimum Gasteiger partial charge on any atom is -0.341 e. The summed E-state index contributed by atoms with van der Waals surface area (Å²) in [6, 6.07) is 9.97. The lowest BCUT2D eigenvalue weighted by Crippen LogP contribution is -2.35. The molecule has 0 bridgehead atoms. The average Bonchev–Trinajstić information content (AvgIpc) is 2.31. The molecule has 2 N–H and O–H groups in total. The van der Waals surface area contributed by atoms with Gasteiger partial charge in [-0.05, 0) is 12.0 Å². The normalized spacial score (nSPS) is 12.2. The van der Waals surface area contributed by atoms with Crippen molar-refractivity contribution >= 4 is 5.91 Å². The van der Waals surface area contributed by atoms with E-state index >= 15 is 0 Å². The number of benzene rings is 1. The molecule has 3 heteroatoms. The van der Waals surface area contributed by atoms with Crippen LogP contribution in [-0.2, 0) is 11.3 Å². The van der Waals surface area contributed by atoms with E-state index in [1.54, 1.807) is 4.90 Å². The first kappa shape index (κ1) is 12.7. The van der Waals surface area contributed by atoms with E-state index in [1.165, 1.54) is 0 Å². The summed E-state index contributed by atoms with van der Waals surface area (Å²) in [6.07, 6.45) is 0.800. The van der Waals surface area contributed by atoms with Gasteiger partial charge in [-0.2, -0.15) is 0 Å². The number of hydrogen-bond donors (Lipinski definition) is 1. The monoisotopic (exact) mass is 220 g/mol. The lowest BCUT2D eigenvalue weighted by Gasteiger charge is -2.22. The molecule has 0 saturated heterocycles. The van der Waals surface area contributed by atoms with Crippen molar-refractivity contribution in [3.63, 3.8) is 0 Å². The molecule has 1 atom stereocenters. The van der Waals surface area contributed by atoms with E-state index < -0.39 is 0 Å². The van der Waals surface area contributed by atoms with Crippen molar-refractivity contribution in [3.05, 3.63) is 35.9 Å². The van der Waals surface area contributed by atoms with Crippen molar-refractivity contribution in [2.75, 3.05) is 13.6 Å². The molecule has 1 aromatic rings. The molecular formula is C13H20N2O. The Balaban J connectivity index is 2.58. The Hall–Kier alpha value is -1.35. The standard InChI is InChI=1S/C13H20N2O/c1-3-12(9-14)13(16)15(2)10-11-7-5-4-6-8-11/h4-8,12H,3,9-10,14H2,1-2H3. The molecule has 0 radical (unpaired) electrons. The first-order valence-electron chi connectivity index (χ1n) is 5.68. The zero-order valence-electron chi connectivity index (χ0n) is 10.0. The van der Waals surface area contributed by atoms with Crippen molar-refractivity contribution in [2.24, 2.45) is 11.7 Å². The summed E-state index contributed by atoms with van der Waals surface area (Å²) in [5.74, 6) is 0.0857. The fraction of sp³-hybridized carbons (Fsp3) is 0.462. The Morgan fingerprint density at radius 2 is 2.00 bits per heavy atom. The number of carbonyl (C=O) groups is 1. The predicted octanol–water partition coefficient (Wildman–Crippen LogP) is 1.63. The number of hydrogen-bond acceptors (Lipinski definition) is 2. The van der Waals surface area contributed by atoms with Crippen molar-refractivity contribution in [1.82, 2.24) is 4.90 Å². The van der Waals surface area contributed by atoms with Crippen LogP contribution in [0.15, 0.2) is 30.3 Å². The van der Waals surface area contributed by atoms with E-state index in [0.29, 0.717) is 13.1 Å². The quantitative estimate of drug-likeness (QED) is 0.819. The zero-order chi connectivity index (χ0) is 12.0. The molecule has 0 aliphatic rings. The summed E-state index contributed by atoms with van der Waals surface area (Å²) in [5.41, 5.74) is 6.71. The highest BCUT2D eigenvalue weighted by Gasteiger charge is 2.18. The molecule has 3 nitrogen and oxygen atoms in total. The van der Waals surface area contributed by atoms with Crippen LogP contribution in [0.3, 0.4) is 0 Å². The van der Waals surface area contributed by atoms with Gasteiger partial charge in [-0.1, -0.05) is 37.3 Å². The molecule has 0 fully saturated rings. The molecule has 0 spiro atoms. The number of carbonyl (C=O) groups excluding carboxylic acids is 1. The van der Waals surface area contributed by atoms with Gasteiger partial charge in [0.05, 0.1) is 5.92 Å². The smallest absolute Gasteiger partial charge is 0.226 e. The van der Waals surface area contributed by atoms with Gasteiger partial charge in [0, 0.05) is 20.1 Å². The maximum Gasteiger partial charge on any atom is 0.226 e. The molecule has 0 aliphatic heterocycles. The SMILES string of the molecule is CCC(CN)C(=O)N(C)Cc1ccccc1. The summed E-state index contributed by atoms with van der Waals surface area (Å²) >= 11 is 0. The lowest BCUT2D eigenvalue weighted by atomic mass is 10.1. The Morgan fingerprint density at radius 3 is 2.50 bits per heavy atom. The Labute approximate surface area is 97.2 Å². The second kappa shape index (κ2) is 6.28. The van der Waals surface area contributed by atoms with Crippen molar-refractivity contribution < 1.29 is 4.79 Å². The summed E-state index contributed by atoms with van der Waals surface area (Å²) in [4.78, 5) is 13.7. The second-order valence-electron chi connectivity index (χ2n) is 4.02. The van der Waals surface area contributed by atoms with Gasteiger partial charge in [0.1, 0.15) is 0 Å². The molecule has 1 aromatic carbocycles. The van der Waals surface area contributed by atoms with Gasteiger partial charge in [0.2, 0.25) is 5.91 Å². The van der Waals surface area contributed by atoms with Crippen LogP contribution in [0, 0.1) is 5.92 Å². The van der Waals surface area contributed by atoms with Crippen LogP contribution in [0.4, 0.5) is 0 Å². The van der Waals surface area contributed by atoms with Crippen LogP contribution in [0.1, 0.15) is 18.9 Å². The third kappa shape index (κ3) is 3.35. The van der Waals surface area contributed by atoms with Crippen LogP contribution in [-0.4, -0.2) is 24.4 Å². The number of nitrogens with zero attached hydrogens (tertiary/aromatic N) is 1. The molecule has 16 heavy (non-hydrogen) atoms. The van der Waals surface area contributed by atoms with E-state index in [2.05, 4.69) is 0 Å². The molecule has 0 saturated carbocycles. The topological polar surface area (TPSA) is 46.3 Å². The first-order valence-corrected chi connectivity index (χ1v) is 5.68. The highest BCUT2D eigenvalue weighted by atomic mass is 16.2. The number of amides is 1. The van der Waals surface area contributed by atoms with Crippen LogP contribution < -0.4 is 5.73 Å². The molecule has 1 unspecified atom stereocenters. The van der Waals surface area contributed by atoms with Crippen LogP contribution in [0.2, 0.25) is 0 Å². The molecule has 1 amide bonds. The molecule has 0 heterocycles. The summed E-state index contributed by atoms with van der Waals surface area (Å²) < 4.78 is 0. The largest absolute Gasteiger partial charge is 0.341 e. The van der Waals surface area contributed by atoms with Crippen molar-refractivity contribution in [1.29, 1.82) is 0 Å². The van der Waals surface area contributed by atoms with Crippen molar-refractivity contribution in [3.8, 4) is 0 Å². The van der Waals surface area contributed by atoms with Gasteiger partial charge in [0.15, 0.2) is 0 Å². The lowest BCUT2D eigenvalue weighted by molar-refractivity contribution is -0.134. The van der Waals surface area contributed by atoms with Gasteiger partial charge in [-0.25, -0.2) is 0 Å². The maximum atomic E-state index is 12.0. The van der Waals surface area contributed by atoms with E-state index in [9.17, 15) is 4.79 Å². The second-order valence-corrected chi connectivity index (χ2v) is 4.02. The molecular weight excluding hydrogens is 200 g/mol. The average molecular weight is 220 g/mol. The van der Waals surface area contributed by atoms with Gasteiger partial charge >= 0.3 is 0 Å². The van der Waals surface area contributed by atoms with Gasteiger partial charge in [-0.15, -0.1) is 0 Å². The highest BCUT2D eigenvalue weighted by Crippen LogP contribution is 2.09. The maximum absolute atomic E-state index is 12.0. The summed E-state index contributed by atoms with van der Waals surface area (Å²) in [7, 11) is 1.83. The van der Waals surface area contributed by atoms with Crippen LogP contribution in [0.5, 0.6) is 0 Å². The minimum atomic E-state index is -0.0475. The number of rotatable bonds is 5. The Morgan fingerprint density at radius 1 is 1.38 bits per heavy atom. The molecule has 0 aliphatic carbocycles. The Bertz CT molecular complexity index is 320. The fourth-order valence-electron chi connectivity index (χ4n) is 1.69. The van der Waals surface area contributed by atoms with Gasteiger partial charge < -0.3 is 10.6 Å². The van der Waals surface area contributed by atoms with E-state index in [-0.39, 0.29) is 11.8 Å². The molecule has 88 valence electrons. The highest BCUT2D eigenvalue weighted by molar-refractivity contribution is 5.78. The third-order valence-electron chi connectivity index (χ3n) is 2.77. The molecule has 1 rings (SSSR count). The van der Waals surface area contributed by atoms with E-state index in [0.717, 1.165) is 12.0 Å². The van der Waals surface area contributed by atoms with Gasteiger partial charge in [0.25, 0.3) is 0 Å². The van der Waals surface area contributed by atoms with Crippen LogP contribution >= 0.6 is 0 Å². The third-order valence-corrected chi connectivity index (χ3v) is 2.77. The fourth-order valence-corrected chi connectivity index (χ4v) is 1.69. The van der Waals surface area contributed by atoms with Crippen LogP contribution in [0.25, 0.3) is 0 Å². The van der Waals surface area contributed by atoms with Gasteiger partial charge in [-0.3, -0.25) is 4.79 Å². The first-order chi connectivity index (χ1) is 7.69. The number of nitrogens with two attached hydrogens (primary N) is 1. The predicted molar refractivity (Wildman–Crippen MR) is 65.8 cm³/mol. The van der Waals surface area contributed by atoms with E-state index in [4.69, 9.17) is 5.73 Å². The van der Waals surface area contributed by atoms with Crippen molar-refractivity contribution in [2.45, 2.75) is 19.9 Å². The Kier molecular flexibility index (Phi) is 4.99. The summed E-state index contributed by atoms with van der Waals surface area (Å²) in [5, 5.41) is 0. The zero-order valence-corrected chi connectivity index (χ0v) is 10.0.